The summed E-state index contributed by atoms with van der Waals surface area (Å²) in [7, 11) is 1.46. The zero-order valence-electron chi connectivity index (χ0n) is 10.1. The van der Waals surface area contributed by atoms with Crippen LogP contribution in [0.1, 0.15) is 19.8 Å². The van der Waals surface area contributed by atoms with Crippen molar-refractivity contribution in [2.45, 2.75) is 19.8 Å². The van der Waals surface area contributed by atoms with Crippen LogP contribution in [0.15, 0.2) is 0 Å². The molecule has 98 valence electrons. The Kier molecular flexibility index (Phi) is 7.49. The molecule has 0 saturated carbocycles. The van der Waals surface area contributed by atoms with Gasteiger partial charge in [-0.3, -0.25) is 9.59 Å². The van der Waals surface area contributed by atoms with Gasteiger partial charge in [-0.1, -0.05) is 13.3 Å². The van der Waals surface area contributed by atoms with Crippen molar-refractivity contribution in [2.24, 2.45) is 5.92 Å². The molecule has 0 aliphatic heterocycles. The maximum Gasteiger partial charge on any atom is 0.315 e. The molecular formula is C10H19N3O4. The predicted molar refractivity (Wildman–Crippen MR) is 61.5 cm³/mol. The first-order valence-electron chi connectivity index (χ1n) is 5.46. The fourth-order valence-corrected chi connectivity index (χ4v) is 1.19. The number of carbonyl (C=O) groups is 3. The van der Waals surface area contributed by atoms with Crippen LogP contribution in [0.3, 0.4) is 0 Å². The molecule has 0 rings (SSSR count). The zero-order chi connectivity index (χ0) is 13.3. The third-order valence-electron chi connectivity index (χ3n) is 2.18. The molecule has 3 amide bonds. The molecule has 17 heavy (non-hydrogen) atoms. The molecule has 0 saturated heterocycles. The molecule has 4 N–H and O–H groups in total. The number of rotatable bonds is 7. The van der Waals surface area contributed by atoms with Gasteiger partial charge in [0.2, 0.25) is 5.91 Å². The van der Waals surface area contributed by atoms with Crippen molar-refractivity contribution >= 4 is 17.9 Å². The van der Waals surface area contributed by atoms with E-state index in [-0.39, 0.29) is 19.0 Å². The average molecular weight is 245 g/mol. The molecule has 0 radical (unpaired) electrons. The van der Waals surface area contributed by atoms with E-state index >= 15 is 0 Å². The second-order valence-electron chi connectivity index (χ2n) is 3.56. The van der Waals surface area contributed by atoms with E-state index in [0.29, 0.717) is 6.42 Å². The van der Waals surface area contributed by atoms with E-state index in [4.69, 9.17) is 5.11 Å². The molecule has 7 heteroatoms. The Bertz CT molecular complexity index is 281. The molecule has 7 nitrogen and oxygen atoms in total. The summed E-state index contributed by atoms with van der Waals surface area (Å²) in [6.07, 6.45) is 1.24. The molecule has 0 aromatic carbocycles. The number of hydrogen-bond donors (Lipinski definition) is 4. The fraction of sp³-hybridized carbons (Fsp3) is 0.700. The quantitative estimate of drug-likeness (QED) is 0.486. The van der Waals surface area contributed by atoms with Gasteiger partial charge in [-0.05, 0) is 6.42 Å². The molecule has 0 bridgehead atoms. The molecule has 0 aliphatic carbocycles. The van der Waals surface area contributed by atoms with Gasteiger partial charge in [-0.25, -0.2) is 4.79 Å². The highest BCUT2D eigenvalue weighted by Gasteiger charge is 2.17. The number of nitrogens with one attached hydrogen (secondary N) is 3. The molecule has 1 atom stereocenters. The van der Waals surface area contributed by atoms with Gasteiger partial charge in [0.05, 0.1) is 12.5 Å². The summed E-state index contributed by atoms with van der Waals surface area (Å²) >= 11 is 0. The minimum Gasteiger partial charge on any atom is -0.481 e. The number of carboxylic acids is 1. The van der Waals surface area contributed by atoms with Crippen LogP contribution < -0.4 is 16.0 Å². The third-order valence-corrected chi connectivity index (χ3v) is 2.18. The summed E-state index contributed by atoms with van der Waals surface area (Å²) in [5.41, 5.74) is 0. The lowest BCUT2D eigenvalue weighted by molar-refractivity contribution is -0.141. The second-order valence-corrected chi connectivity index (χ2v) is 3.56. The summed E-state index contributed by atoms with van der Waals surface area (Å²) in [4.78, 5) is 32.8. The van der Waals surface area contributed by atoms with Crippen LogP contribution in [-0.2, 0) is 9.59 Å². The normalized spacial score (nSPS) is 11.4. The topological polar surface area (TPSA) is 108 Å². The van der Waals surface area contributed by atoms with E-state index in [9.17, 15) is 14.4 Å². The first-order chi connectivity index (χ1) is 8.01. The van der Waals surface area contributed by atoms with Crippen LogP contribution in [0.2, 0.25) is 0 Å². The SMILES string of the molecule is CCCC(CNC(=O)NCC(=O)NC)C(=O)O. The predicted octanol–water partition coefficient (Wildman–Crippen LogP) is -0.467. The Labute approximate surface area is 100.0 Å². The van der Waals surface area contributed by atoms with Crippen molar-refractivity contribution in [3.63, 3.8) is 0 Å². The second kappa shape index (κ2) is 8.37. The number of likely N-dealkylation sites (N-methyl/N-ethyl adjacent to an activating group) is 1. The van der Waals surface area contributed by atoms with Gasteiger partial charge in [0.15, 0.2) is 0 Å². The summed E-state index contributed by atoms with van der Waals surface area (Å²) in [6.45, 7) is 1.80. The van der Waals surface area contributed by atoms with Crippen molar-refractivity contribution in [3.05, 3.63) is 0 Å². The van der Waals surface area contributed by atoms with Crippen molar-refractivity contribution in [1.82, 2.24) is 16.0 Å². The van der Waals surface area contributed by atoms with Crippen LogP contribution in [0, 0.1) is 5.92 Å². The smallest absolute Gasteiger partial charge is 0.315 e. The molecule has 0 spiro atoms. The molecule has 0 heterocycles. The standard InChI is InChI=1S/C10H19N3O4/c1-3-4-7(9(15)16)5-12-10(17)13-6-8(14)11-2/h7H,3-6H2,1-2H3,(H,11,14)(H,15,16)(H2,12,13,17). The Morgan fingerprint density at radius 1 is 1.24 bits per heavy atom. The van der Waals surface area contributed by atoms with Gasteiger partial charge < -0.3 is 21.1 Å². The van der Waals surface area contributed by atoms with Crippen molar-refractivity contribution < 1.29 is 19.5 Å². The van der Waals surface area contributed by atoms with Gasteiger partial charge in [-0.15, -0.1) is 0 Å². The van der Waals surface area contributed by atoms with Gasteiger partial charge in [0.25, 0.3) is 0 Å². The number of urea groups is 1. The molecule has 1 unspecified atom stereocenters. The van der Waals surface area contributed by atoms with E-state index in [1.165, 1.54) is 7.05 Å². The van der Waals surface area contributed by atoms with Crippen molar-refractivity contribution in [2.75, 3.05) is 20.1 Å². The van der Waals surface area contributed by atoms with E-state index in [1.54, 1.807) is 0 Å². The number of carbonyl (C=O) groups excluding carboxylic acids is 2. The third kappa shape index (κ3) is 7.15. The van der Waals surface area contributed by atoms with Crippen LogP contribution in [0.5, 0.6) is 0 Å². The summed E-state index contributed by atoms with van der Waals surface area (Å²) < 4.78 is 0. The number of hydrogen-bond acceptors (Lipinski definition) is 3. The first-order valence-corrected chi connectivity index (χ1v) is 5.46. The van der Waals surface area contributed by atoms with E-state index < -0.39 is 17.9 Å². The maximum absolute atomic E-state index is 11.2. The van der Waals surface area contributed by atoms with Crippen molar-refractivity contribution in [1.29, 1.82) is 0 Å². The molecular weight excluding hydrogens is 226 g/mol. The molecule has 0 aromatic rings. The molecule has 0 aromatic heterocycles. The van der Waals surface area contributed by atoms with Gasteiger partial charge in [-0.2, -0.15) is 0 Å². The minimum absolute atomic E-state index is 0.0583. The Morgan fingerprint density at radius 2 is 1.88 bits per heavy atom. The van der Waals surface area contributed by atoms with Gasteiger partial charge >= 0.3 is 12.0 Å². The van der Waals surface area contributed by atoms with Gasteiger partial charge in [0, 0.05) is 13.6 Å². The number of amides is 3. The lowest BCUT2D eigenvalue weighted by atomic mass is 10.0. The van der Waals surface area contributed by atoms with Crippen molar-refractivity contribution in [3.8, 4) is 0 Å². The fourth-order valence-electron chi connectivity index (χ4n) is 1.19. The average Bonchev–Trinajstić information content (AvgIpc) is 2.30. The largest absolute Gasteiger partial charge is 0.481 e. The van der Waals surface area contributed by atoms with Crippen LogP contribution in [0.4, 0.5) is 4.79 Å². The first kappa shape index (κ1) is 15.2. The Hall–Kier alpha value is -1.79. The van der Waals surface area contributed by atoms with Crippen LogP contribution >= 0.6 is 0 Å². The molecule has 0 fully saturated rings. The zero-order valence-corrected chi connectivity index (χ0v) is 10.1. The monoisotopic (exact) mass is 245 g/mol. The van der Waals surface area contributed by atoms with E-state index in [0.717, 1.165) is 6.42 Å². The van der Waals surface area contributed by atoms with Crippen LogP contribution in [-0.4, -0.2) is 43.2 Å². The lowest BCUT2D eigenvalue weighted by Gasteiger charge is -2.12. The lowest BCUT2D eigenvalue weighted by Crippen LogP contribution is -2.43. The van der Waals surface area contributed by atoms with E-state index in [2.05, 4.69) is 16.0 Å². The Balaban J connectivity index is 3.88. The Morgan fingerprint density at radius 3 is 2.35 bits per heavy atom. The highest BCUT2D eigenvalue weighted by atomic mass is 16.4. The maximum atomic E-state index is 11.2. The number of carboxylic acid groups (broad SMARTS) is 1. The summed E-state index contributed by atoms with van der Waals surface area (Å²) in [5.74, 6) is -1.84. The molecule has 0 aliphatic rings. The number of aliphatic carboxylic acids is 1. The van der Waals surface area contributed by atoms with E-state index in [1.807, 2.05) is 6.92 Å². The van der Waals surface area contributed by atoms with Crippen LogP contribution in [0.25, 0.3) is 0 Å². The highest BCUT2D eigenvalue weighted by Crippen LogP contribution is 2.04. The minimum atomic E-state index is -0.932. The van der Waals surface area contributed by atoms with Gasteiger partial charge in [0.1, 0.15) is 0 Å². The summed E-state index contributed by atoms with van der Waals surface area (Å²) in [5, 5.41) is 15.9. The summed E-state index contributed by atoms with van der Waals surface area (Å²) in [6, 6.07) is -0.545. The highest BCUT2D eigenvalue weighted by molar-refractivity contribution is 5.83.